The highest BCUT2D eigenvalue weighted by atomic mass is 31.3. The third-order valence-electron chi connectivity index (χ3n) is 6.70. The van der Waals surface area contributed by atoms with Crippen molar-refractivity contribution in [2.24, 2.45) is 0 Å². The van der Waals surface area contributed by atoms with Crippen LogP contribution in [0.4, 0.5) is 5.82 Å². The van der Waals surface area contributed by atoms with Crippen LogP contribution in [0.25, 0.3) is 11.2 Å². The molecule has 0 bridgehead atoms. The number of aromatic nitrogens is 5. The summed E-state index contributed by atoms with van der Waals surface area (Å²) in [4.78, 5) is 45.3. The number of phosphoric acid groups is 2. The van der Waals surface area contributed by atoms with Crippen LogP contribution in [-0.4, -0.2) is 106 Å². The maximum absolute atomic E-state index is 12.4. The van der Waals surface area contributed by atoms with Gasteiger partial charge in [0, 0.05) is 6.07 Å². The summed E-state index contributed by atoms with van der Waals surface area (Å²) in [5.74, 6) is -1.23. The van der Waals surface area contributed by atoms with Crippen LogP contribution in [0, 0.1) is 0 Å². The summed E-state index contributed by atoms with van der Waals surface area (Å²) >= 11 is 0. The van der Waals surface area contributed by atoms with Gasteiger partial charge in [0.1, 0.15) is 47.9 Å². The van der Waals surface area contributed by atoms with Crippen LogP contribution in [0.5, 0.6) is 0 Å². The Morgan fingerprint density at radius 1 is 1.05 bits per heavy atom. The van der Waals surface area contributed by atoms with Crippen LogP contribution >= 0.6 is 15.6 Å². The molecule has 44 heavy (non-hydrogen) atoms. The van der Waals surface area contributed by atoms with Gasteiger partial charge in [0.25, 0.3) is 14.1 Å². The van der Waals surface area contributed by atoms with Gasteiger partial charge in [-0.3, -0.25) is 13.7 Å². The highest BCUT2D eigenvalue weighted by Gasteiger charge is 2.49. The number of aromatic carboxylic acids is 1. The van der Waals surface area contributed by atoms with E-state index < -0.39 is 83.9 Å². The molecule has 240 valence electrons. The topological polar surface area (TPSA) is 315 Å². The second-order valence-electron chi connectivity index (χ2n) is 9.61. The number of nitrogens with zero attached hydrogens (tertiary/aromatic N) is 5. The first-order valence-electron chi connectivity index (χ1n) is 12.5. The monoisotopic (exact) mass is 664 g/mol. The molecule has 0 aliphatic carbocycles. The number of pyridine rings is 1. The Morgan fingerprint density at radius 3 is 2.45 bits per heavy atom. The summed E-state index contributed by atoms with van der Waals surface area (Å²) in [6, 6.07) is 2.61. The lowest BCUT2D eigenvalue weighted by Crippen LogP contribution is -2.46. The van der Waals surface area contributed by atoms with Gasteiger partial charge in [-0.2, -0.15) is 4.57 Å². The maximum atomic E-state index is 12.4. The molecule has 3 aromatic rings. The molecular weight excluding hydrogens is 638 g/mol. The Balaban J connectivity index is 1.16. The van der Waals surface area contributed by atoms with E-state index in [1.807, 2.05) is 0 Å². The summed E-state index contributed by atoms with van der Waals surface area (Å²) in [6.07, 6.45) is -7.43. The molecule has 5 heterocycles. The zero-order valence-corrected chi connectivity index (χ0v) is 23.9. The second-order valence-corrected chi connectivity index (χ2v) is 12.6. The highest BCUT2D eigenvalue weighted by Crippen LogP contribution is 2.58. The van der Waals surface area contributed by atoms with E-state index in [0.29, 0.717) is 0 Å². The minimum absolute atomic E-state index is 0.0405. The number of hydrogen-bond donors (Lipinski definition) is 7. The number of nitrogen functional groups attached to an aromatic ring is 1. The molecule has 2 aliphatic rings. The SMILES string of the molecule is Nc1ncnc2c1ncn2[C@@H]1O[C@H](COP(=O)(O)OP(=O)([O-])OC[C@H]2O[C@@H]([n+]3cccc(C(=O)O)c3)C(O)[C@H]2O)[C@H](O)C1O. The normalized spacial score (nSPS) is 31.6. The molecule has 0 amide bonds. The summed E-state index contributed by atoms with van der Waals surface area (Å²) < 4.78 is 51.3. The number of anilines is 1. The number of carboxylic acids is 1. The van der Waals surface area contributed by atoms with Crippen molar-refractivity contribution in [1.29, 1.82) is 0 Å². The number of hydrogen-bond acceptors (Lipinski definition) is 17. The molecule has 5 rings (SSSR count). The lowest BCUT2D eigenvalue weighted by molar-refractivity contribution is -0.765. The van der Waals surface area contributed by atoms with Gasteiger partial charge in [-0.25, -0.2) is 28.6 Å². The standard InChI is InChI=1S/C21H26N6O15P2/c22-17-12-18(24-7-23-17)27(8-25-12)20-16(31)14(29)11(41-20)6-39-44(36,37)42-43(34,35)38-5-10-13(28)15(30)19(40-10)26-3-1-2-9(4-26)21(32)33/h1-4,7-8,10-11,13-16,19-20,28-31H,5-6H2,(H4-,22,23,24,32,33,34,35,36,37)/t10-,11-,13+,14+,15?,16?,19-,20-/m1/s1. The van der Waals surface area contributed by atoms with Gasteiger partial charge in [0.15, 0.2) is 36.2 Å². The third-order valence-corrected chi connectivity index (χ3v) is 9.27. The average molecular weight is 664 g/mol. The van der Waals surface area contributed by atoms with Crippen molar-refractivity contribution in [1.82, 2.24) is 19.5 Å². The third kappa shape index (κ3) is 6.65. The Kier molecular flexibility index (Phi) is 9.13. The average Bonchev–Trinajstić information content (AvgIpc) is 3.61. The zero-order chi connectivity index (χ0) is 32.0. The van der Waals surface area contributed by atoms with Gasteiger partial charge in [-0.15, -0.1) is 0 Å². The number of carbonyl (C=O) groups is 1. The van der Waals surface area contributed by atoms with E-state index >= 15 is 0 Å². The molecule has 23 heteroatoms. The smallest absolute Gasteiger partial charge is 0.478 e. The van der Waals surface area contributed by atoms with Crippen LogP contribution < -0.4 is 15.2 Å². The van der Waals surface area contributed by atoms with Crippen LogP contribution in [0.2, 0.25) is 0 Å². The minimum atomic E-state index is -5.63. The van der Waals surface area contributed by atoms with Crippen LogP contribution in [0.3, 0.4) is 0 Å². The summed E-state index contributed by atoms with van der Waals surface area (Å²) in [6.45, 7) is -1.92. The Hall–Kier alpha value is -3.01. The fraction of sp³-hybridized carbons (Fsp3) is 0.476. The van der Waals surface area contributed by atoms with Gasteiger partial charge >= 0.3 is 13.8 Å². The van der Waals surface area contributed by atoms with E-state index in [1.54, 1.807) is 0 Å². The predicted molar refractivity (Wildman–Crippen MR) is 136 cm³/mol. The number of rotatable bonds is 11. The van der Waals surface area contributed by atoms with E-state index in [1.165, 1.54) is 29.2 Å². The number of ether oxygens (including phenoxy) is 2. The number of nitrogens with two attached hydrogens (primary N) is 1. The van der Waals surface area contributed by atoms with E-state index in [-0.39, 0.29) is 22.5 Å². The first-order valence-corrected chi connectivity index (χ1v) is 15.5. The van der Waals surface area contributed by atoms with Crippen molar-refractivity contribution in [3.05, 3.63) is 42.7 Å². The number of phosphoric ester groups is 2. The molecule has 0 radical (unpaired) electrons. The van der Waals surface area contributed by atoms with Gasteiger partial charge in [0.2, 0.25) is 0 Å². The van der Waals surface area contributed by atoms with E-state index in [2.05, 4.69) is 28.3 Å². The molecule has 0 aromatic carbocycles. The second kappa shape index (κ2) is 12.4. The number of aliphatic hydroxyl groups is 4. The maximum Gasteiger partial charge on any atom is 0.478 e. The number of carboxylic acid groups (broad SMARTS) is 1. The van der Waals surface area contributed by atoms with Crippen LogP contribution in [-0.2, 0) is 32.0 Å². The predicted octanol–water partition coefficient (Wildman–Crippen LogP) is -3.05. The lowest BCUT2D eigenvalue weighted by Gasteiger charge is -2.26. The van der Waals surface area contributed by atoms with Crippen molar-refractivity contribution in [3.8, 4) is 0 Å². The fourth-order valence-electron chi connectivity index (χ4n) is 4.55. The van der Waals surface area contributed by atoms with Crippen molar-refractivity contribution in [3.63, 3.8) is 0 Å². The largest absolute Gasteiger partial charge is 0.756 e. The first-order chi connectivity index (χ1) is 20.7. The molecule has 3 aromatic heterocycles. The van der Waals surface area contributed by atoms with Crippen molar-refractivity contribution in [2.45, 2.75) is 49.1 Å². The molecule has 8 N–H and O–H groups in total. The molecular formula is C21H26N6O15P2. The van der Waals surface area contributed by atoms with Crippen LogP contribution in [0.15, 0.2) is 37.2 Å². The molecule has 21 nitrogen and oxygen atoms in total. The van der Waals surface area contributed by atoms with Crippen LogP contribution in [0.1, 0.15) is 22.8 Å². The molecule has 2 fully saturated rings. The highest BCUT2D eigenvalue weighted by molar-refractivity contribution is 7.60. The Bertz CT molecular complexity index is 1630. The number of fused-ring (bicyclic) bond motifs is 1. The molecule has 10 atom stereocenters. The molecule has 2 saturated heterocycles. The van der Waals surface area contributed by atoms with Crippen molar-refractivity contribution < 1.29 is 76.6 Å². The van der Waals surface area contributed by atoms with Gasteiger partial charge in [-0.05, 0) is 6.07 Å². The number of imidazole rings is 1. The van der Waals surface area contributed by atoms with E-state index in [9.17, 15) is 44.1 Å². The lowest BCUT2D eigenvalue weighted by atomic mass is 10.1. The summed E-state index contributed by atoms with van der Waals surface area (Å²) in [5, 5.41) is 50.6. The number of aliphatic hydroxyl groups excluding tert-OH is 4. The van der Waals surface area contributed by atoms with Crippen molar-refractivity contribution in [2.75, 3.05) is 18.9 Å². The van der Waals surface area contributed by atoms with Gasteiger partial charge < -0.3 is 55.1 Å². The minimum Gasteiger partial charge on any atom is -0.756 e. The quantitative estimate of drug-likeness (QED) is 0.0790. The Morgan fingerprint density at radius 2 is 1.73 bits per heavy atom. The fourth-order valence-corrected chi connectivity index (χ4v) is 6.60. The summed E-state index contributed by atoms with van der Waals surface area (Å²) in [5.41, 5.74) is 5.91. The first kappa shape index (κ1) is 32.4. The van der Waals surface area contributed by atoms with E-state index in [0.717, 1.165) is 17.1 Å². The molecule has 0 saturated carbocycles. The summed E-state index contributed by atoms with van der Waals surface area (Å²) in [7, 11) is -11.1. The molecule has 0 spiro atoms. The molecule has 2 aliphatic heterocycles. The van der Waals surface area contributed by atoms with E-state index in [4.69, 9.17) is 20.3 Å². The zero-order valence-electron chi connectivity index (χ0n) is 22.1. The molecule has 4 unspecified atom stereocenters. The van der Waals surface area contributed by atoms with Gasteiger partial charge in [-0.1, -0.05) is 0 Å². The Labute approximate surface area is 245 Å². The van der Waals surface area contributed by atoms with Gasteiger partial charge in [0.05, 0.1) is 19.5 Å². The van der Waals surface area contributed by atoms with Crippen molar-refractivity contribution >= 4 is 38.6 Å².